The van der Waals surface area contributed by atoms with Crippen LogP contribution >= 0.6 is 0 Å². The van der Waals surface area contributed by atoms with Gasteiger partial charge >= 0.3 is 0 Å². The Labute approximate surface area is 192 Å². The Bertz CT molecular complexity index is 1230. The average molecular weight is 473 g/mol. The number of rotatable bonds is 7. The van der Waals surface area contributed by atoms with Gasteiger partial charge in [-0.05, 0) is 60.7 Å². The minimum atomic E-state index is -3.84. The van der Waals surface area contributed by atoms with Crippen LogP contribution in [0.4, 0.5) is 14.6 Å². The molecule has 1 aliphatic rings. The zero-order chi connectivity index (χ0) is 23.6. The molecule has 0 spiro atoms. The maximum absolute atomic E-state index is 13.7. The number of sulfonamides is 1. The molecule has 2 aromatic carbocycles. The molecule has 6 nitrogen and oxygen atoms in total. The molecule has 0 bridgehead atoms. The standard InChI is InChI=1S/C24H26F2N4O2S/c1-3-4-22-13-28-24(14-27-22)29-33(31,32)23-6-5-17-7-8-30(15-19(17)11-23)16(2)18-9-20(25)12-21(26)10-18/h5-6,9-14,16H,3-4,7-8,15H2,1-2H3,(H,28,29)/t16-/m1/s1. The predicted molar refractivity (Wildman–Crippen MR) is 122 cm³/mol. The first-order valence-corrected chi connectivity index (χ1v) is 12.4. The number of nitrogens with one attached hydrogen (secondary N) is 1. The van der Waals surface area contributed by atoms with Gasteiger partial charge in [0.1, 0.15) is 11.6 Å². The normalized spacial score (nSPS) is 15.2. The summed E-state index contributed by atoms with van der Waals surface area (Å²) < 4.78 is 55.7. The molecule has 0 saturated carbocycles. The zero-order valence-corrected chi connectivity index (χ0v) is 19.4. The number of nitrogens with zero attached hydrogens (tertiary/aromatic N) is 3. The molecule has 1 aliphatic heterocycles. The lowest BCUT2D eigenvalue weighted by atomic mass is 9.97. The van der Waals surface area contributed by atoms with Gasteiger partial charge in [-0.2, -0.15) is 0 Å². The first kappa shape index (κ1) is 23.3. The second-order valence-electron chi connectivity index (χ2n) is 8.28. The van der Waals surface area contributed by atoms with E-state index in [9.17, 15) is 17.2 Å². The SMILES string of the molecule is CCCc1cnc(NS(=O)(=O)c2ccc3c(c2)CN([C@H](C)c2cc(F)cc(F)c2)CC3)cn1. The second-order valence-corrected chi connectivity index (χ2v) is 9.96. The van der Waals surface area contributed by atoms with E-state index in [1.807, 2.05) is 19.9 Å². The lowest BCUT2D eigenvalue weighted by molar-refractivity contribution is 0.191. The third-order valence-corrected chi connectivity index (χ3v) is 7.25. The Hall–Kier alpha value is -2.91. The maximum atomic E-state index is 13.7. The minimum absolute atomic E-state index is 0.131. The Balaban J connectivity index is 1.53. The van der Waals surface area contributed by atoms with Crippen molar-refractivity contribution in [2.75, 3.05) is 11.3 Å². The molecule has 0 radical (unpaired) electrons. The Morgan fingerprint density at radius 1 is 1.06 bits per heavy atom. The molecule has 0 fully saturated rings. The topological polar surface area (TPSA) is 75.2 Å². The van der Waals surface area contributed by atoms with Gasteiger partial charge in [-0.3, -0.25) is 14.6 Å². The molecule has 33 heavy (non-hydrogen) atoms. The summed E-state index contributed by atoms with van der Waals surface area (Å²) in [5.74, 6) is -1.06. The molecule has 0 amide bonds. The minimum Gasteiger partial charge on any atom is -0.292 e. The van der Waals surface area contributed by atoms with Gasteiger partial charge in [0.25, 0.3) is 10.0 Å². The van der Waals surface area contributed by atoms with Crippen LogP contribution in [-0.4, -0.2) is 29.8 Å². The Morgan fingerprint density at radius 3 is 2.48 bits per heavy atom. The number of benzene rings is 2. The monoisotopic (exact) mass is 472 g/mol. The largest absolute Gasteiger partial charge is 0.292 e. The van der Waals surface area contributed by atoms with Crippen LogP contribution in [0, 0.1) is 11.6 Å². The van der Waals surface area contributed by atoms with Crippen LogP contribution in [0.5, 0.6) is 0 Å². The summed E-state index contributed by atoms with van der Waals surface area (Å²) >= 11 is 0. The van der Waals surface area contributed by atoms with Crippen molar-refractivity contribution in [1.82, 2.24) is 14.9 Å². The van der Waals surface area contributed by atoms with E-state index in [1.54, 1.807) is 18.3 Å². The number of aromatic nitrogens is 2. The quantitative estimate of drug-likeness (QED) is 0.543. The van der Waals surface area contributed by atoms with Gasteiger partial charge in [-0.25, -0.2) is 22.2 Å². The van der Waals surface area contributed by atoms with Crippen LogP contribution in [0.2, 0.25) is 0 Å². The smallest absolute Gasteiger partial charge is 0.263 e. The van der Waals surface area contributed by atoms with E-state index in [-0.39, 0.29) is 16.8 Å². The first-order valence-electron chi connectivity index (χ1n) is 10.9. The van der Waals surface area contributed by atoms with Crippen LogP contribution < -0.4 is 4.72 Å². The third kappa shape index (κ3) is 5.36. The Kier molecular flexibility index (Phi) is 6.71. The van der Waals surface area contributed by atoms with Crippen molar-refractivity contribution in [2.45, 2.75) is 50.6 Å². The molecular formula is C24H26F2N4O2S. The van der Waals surface area contributed by atoms with Crippen LogP contribution in [-0.2, 0) is 29.4 Å². The summed E-state index contributed by atoms with van der Waals surface area (Å²) in [5.41, 5.74) is 3.29. The van der Waals surface area contributed by atoms with Crippen LogP contribution in [0.15, 0.2) is 53.7 Å². The summed E-state index contributed by atoms with van der Waals surface area (Å²) in [6.07, 6.45) is 5.42. The highest BCUT2D eigenvalue weighted by molar-refractivity contribution is 7.92. The van der Waals surface area contributed by atoms with E-state index in [2.05, 4.69) is 19.6 Å². The molecule has 0 unspecified atom stereocenters. The Morgan fingerprint density at radius 2 is 1.82 bits per heavy atom. The highest BCUT2D eigenvalue weighted by Crippen LogP contribution is 2.30. The summed E-state index contributed by atoms with van der Waals surface area (Å²) in [7, 11) is -3.84. The second kappa shape index (κ2) is 9.52. The number of hydrogen-bond acceptors (Lipinski definition) is 5. The molecule has 3 aromatic rings. The number of halogens is 2. The number of hydrogen-bond donors (Lipinski definition) is 1. The van der Waals surface area contributed by atoms with Crippen LogP contribution in [0.25, 0.3) is 0 Å². The van der Waals surface area contributed by atoms with Crippen molar-refractivity contribution >= 4 is 15.8 Å². The fourth-order valence-corrected chi connectivity index (χ4v) is 5.11. The fourth-order valence-electron chi connectivity index (χ4n) is 4.07. The van der Waals surface area contributed by atoms with Crippen molar-refractivity contribution in [3.63, 3.8) is 0 Å². The van der Waals surface area contributed by atoms with Crippen molar-refractivity contribution in [2.24, 2.45) is 0 Å². The highest BCUT2D eigenvalue weighted by atomic mass is 32.2. The van der Waals surface area contributed by atoms with Gasteiger partial charge in [0.15, 0.2) is 5.82 Å². The van der Waals surface area contributed by atoms with Crippen molar-refractivity contribution in [1.29, 1.82) is 0 Å². The summed E-state index contributed by atoms with van der Waals surface area (Å²) in [4.78, 5) is 10.6. The fraction of sp³-hybridized carbons (Fsp3) is 0.333. The predicted octanol–water partition coefficient (Wildman–Crippen LogP) is 4.63. The molecular weight excluding hydrogens is 446 g/mol. The molecule has 9 heteroatoms. The van der Waals surface area contributed by atoms with Gasteiger partial charge in [0, 0.05) is 25.2 Å². The maximum Gasteiger partial charge on any atom is 0.263 e. The van der Waals surface area contributed by atoms with Gasteiger partial charge in [0.05, 0.1) is 23.0 Å². The summed E-state index contributed by atoms with van der Waals surface area (Å²) in [6, 6.07) is 8.36. The molecule has 0 saturated heterocycles. The van der Waals surface area contributed by atoms with Crippen molar-refractivity contribution in [3.05, 3.63) is 82.8 Å². The van der Waals surface area contributed by atoms with Crippen LogP contribution in [0.1, 0.15) is 48.7 Å². The molecule has 4 rings (SSSR count). The van der Waals surface area contributed by atoms with Gasteiger partial charge in [0.2, 0.25) is 0 Å². The molecule has 174 valence electrons. The molecule has 0 aliphatic carbocycles. The zero-order valence-electron chi connectivity index (χ0n) is 18.6. The van der Waals surface area contributed by atoms with Crippen molar-refractivity contribution < 1.29 is 17.2 Å². The summed E-state index contributed by atoms with van der Waals surface area (Å²) in [5, 5.41) is 0. The van der Waals surface area contributed by atoms with E-state index in [0.717, 1.165) is 42.1 Å². The molecule has 1 aromatic heterocycles. The third-order valence-electron chi connectivity index (χ3n) is 5.90. The average Bonchev–Trinajstić information content (AvgIpc) is 2.78. The lowest BCUT2D eigenvalue weighted by Gasteiger charge is -2.34. The molecule has 1 atom stereocenters. The van der Waals surface area contributed by atoms with Crippen molar-refractivity contribution in [3.8, 4) is 0 Å². The van der Waals surface area contributed by atoms with Gasteiger partial charge < -0.3 is 0 Å². The van der Waals surface area contributed by atoms with Gasteiger partial charge in [-0.15, -0.1) is 0 Å². The number of fused-ring (bicyclic) bond motifs is 1. The molecule has 1 N–H and O–H groups in total. The van der Waals surface area contributed by atoms with E-state index in [0.29, 0.717) is 18.7 Å². The van der Waals surface area contributed by atoms with Crippen LogP contribution in [0.3, 0.4) is 0 Å². The lowest BCUT2D eigenvalue weighted by Crippen LogP contribution is -2.33. The number of aryl methyl sites for hydroxylation is 1. The molecule has 2 heterocycles. The highest BCUT2D eigenvalue weighted by Gasteiger charge is 2.25. The van der Waals surface area contributed by atoms with E-state index in [4.69, 9.17) is 0 Å². The van der Waals surface area contributed by atoms with Gasteiger partial charge in [-0.1, -0.05) is 19.4 Å². The van der Waals surface area contributed by atoms with E-state index in [1.165, 1.54) is 18.3 Å². The number of anilines is 1. The van der Waals surface area contributed by atoms with E-state index < -0.39 is 21.7 Å². The summed E-state index contributed by atoms with van der Waals surface area (Å²) in [6.45, 7) is 5.11. The van der Waals surface area contributed by atoms with E-state index >= 15 is 0 Å². The first-order chi connectivity index (χ1) is 15.7.